The first-order chi connectivity index (χ1) is 7.50. The van der Waals surface area contributed by atoms with Crippen LogP contribution in [-0.4, -0.2) is 27.4 Å². The number of hydrogen-bond acceptors (Lipinski definition) is 4. The minimum atomic E-state index is -0.461. The summed E-state index contributed by atoms with van der Waals surface area (Å²) in [6, 6.07) is 2.30. The van der Waals surface area contributed by atoms with Gasteiger partial charge in [0.1, 0.15) is 5.54 Å². The van der Waals surface area contributed by atoms with Crippen molar-refractivity contribution in [1.82, 2.24) is 14.9 Å². The molecule has 2 unspecified atom stereocenters. The van der Waals surface area contributed by atoms with E-state index in [1.165, 1.54) is 0 Å². The number of aryl methyl sites for hydroxylation is 1. The van der Waals surface area contributed by atoms with Gasteiger partial charge in [0.25, 0.3) is 0 Å². The smallest absolute Gasteiger partial charge is 0.167 e. The van der Waals surface area contributed by atoms with Crippen LogP contribution in [0, 0.1) is 11.3 Å². The third kappa shape index (κ3) is 3.26. The topological polar surface area (TPSA) is 53.6 Å². The normalized spacial score (nSPS) is 16.4. The maximum atomic E-state index is 9.07. The number of aromatic nitrogens is 2. The molecular weight excluding hydrogens is 220 g/mol. The Morgan fingerprint density at radius 1 is 1.75 bits per heavy atom. The third-order valence-electron chi connectivity index (χ3n) is 2.58. The summed E-state index contributed by atoms with van der Waals surface area (Å²) < 4.78 is 1.99. The molecule has 0 saturated carbocycles. The fourth-order valence-electron chi connectivity index (χ4n) is 1.47. The molecule has 2 atom stereocenters. The largest absolute Gasteiger partial charge is 0.329 e. The lowest BCUT2D eigenvalue weighted by Gasteiger charge is -2.24. The van der Waals surface area contributed by atoms with Crippen LogP contribution in [0.25, 0.3) is 0 Å². The molecule has 1 N–H and O–H groups in total. The summed E-state index contributed by atoms with van der Waals surface area (Å²) in [4.78, 5) is 4.26. The predicted octanol–water partition coefficient (Wildman–Crippen LogP) is 1.79. The molecule has 1 heterocycles. The summed E-state index contributed by atoms with van der Waals surface area (Å²) in [5.74, 6) is 0. The lowest BCUT2D eigenvalue weighted by atomic mass is 9.98. The fourth-order valence-corrected chi connectivity index (χ4v) is 2.59. The van der Waals surface area contributed by atoms with Crippen molar-refractivity contribution in [3.8, 4) is 6.07 Å². The highest BCUT2D eigenvalue weighted by Gasteiger charge is 2.25. The van der Waals surface area contributed by atoms with Gasteiger partial charge in [-0.15, -0.1) is 0 Å². The van der Waals surface area contributed by atoms with E-state index in [2.05, 4.69) is 23.3 Å². The van der Waals surface area contributed by atoms with Crippen molar-refractivity contribution in [2.45, 2.75) is 36.2 Å². The Bertz CT molecular complexity index is 382. The van der Waals surface area contributed by atoms with Crippen LogP contribution < -0.4 is 5.32 Å². The van der Waals surface area contributed by atoms with Crippen molar-refractivity contribution in [1.29, 1.82) is 5.26 Å². The molecule has 1 aromatic rings. The molecule has 0 radical (unpaired) electrons. The first kappa shape index (κ1) is 13.1. The number of nitrogens with zero attached hydrogens (tertiary/aromatic N) is 3. The van der Waals surface area contributed by atoms with E-state index in [0.717, 1.165) is 11.6 Å². The quantitative estimate of drug-likeness (QED) is 0.795. The molecule has 1 aromatic heterocycles. The number of hydrogen-bond donors (Lipinski definition) is 1. The van der Waals surface area contributed by atoms with Crippen LogP contribution in [0.1, 0.15) is 20.3 Å². The highest BCUT2D eigenvalue weighted by Crippen LogP contribution is 2.26. The number of nitriles is 1. The monoisotopic (exact) mass is 238 g/mol. The lowest BCUT2D eigenvalue weighted by Crippen LogP contribution is -2.40. The van der Waals surface area contributed by atoms with E-state index in [-0.39, 0.29) is 0 Å². The van der Waals surface area contributed by atoms with E-state index in [9.17, 15) is 0 Å². The molecule has 4 nitrogen and oxygen atoms in total. The van der Waals surface area contributed by atoms with Crippen LogP contribution in [0.2, 0.25) is 0 Å². The van der Waals surface area contributed by atoms with Gasteiger partial charge in [0, 0.05) is 24.7 Å². The Morgan fingerprint density at radius 2 is 2.44 bits per heavy atom. The molecule has 0 aliphatic carbocycles. The summed E-state index contributed by atoms with van der Waals surface area (Å²) in [7, 11) is 3.80. The predicted molar refractivity (Wildman–Crippen MR) is 66.2 cm³/mol. The summed E-state index contributed by atoms with van der Waals surface area (Å²) in [5, 5.41) is 13.5. The van der Waals surface area contributed by atoms with Gasteiger partial charge < -0.3 is 9.88 Å². The molecule has 1 rings (SSSR count). The molecule has 5 heteroatoms. The van der Waals surface area contributed by atoms with Crippen LogP contribution in [0.15, 0.2) is 17.6 Å². The first-order valence-corrected chi connectivity index (χ1v) is 6.13. The van der Waals surface area contributed by atoms with Gasteiger partial charge in [-0.3, -0.25) is 0 Å². The molecule has 0 bridgehead atoms. The van der Waals surface area contributed by atoms with Gasteiger partial charge in [-0.05, 0) is 20.4 Å². The molecule has 0 spiro atoms. The molecule has 0 fully saturated rings. The average Bonchev–Trinajstić information content (AvgIpc) is 2.64. The second-order valence-corrected chi connectivity index (χ2v) is 5.55. The number of imidazole rings is 1. The van der Waals surface area contributed by atoms with Gasteiger partial charge in [0.05, 0.1) is 6.07 Å². The zero-order valence-corrected chi connectivity index (χ0v) is 11.0. The van der Waals surface area contributed by atoms with Gasteiger partial charge in [0.15, 0.2) is 5.16 Å². The number of thioether (sulfide) groups is 1. The second-order valence-electron chi connectivity index (χ2n) is 4.15. The molecule has 0 saturated heterocycles. The fraction of sp³-hybridized carbons (Fsp3) is 0.636. The van der Waals surface area contributed by atoms with Crippen LogP contribution in [0.3, 0.4) is 0 Å². The van der Waals surface area contributed by atoms with Gasteiger partial charge in [-0.1, -0.05) is 18.7 Å². The van der Waals surface area contributed by atoms with Crippen LogP contribution in [0.4, 0.5) is 0 Å². The third-order valence-corrected chi connectivity index (χ3v) is 3.75. The van der Waals surface area contributed by atoms with Crippen LogP contribution >= 0.6 is 11.8 Å². The zero-order valence-electron chi connectivity index (χ0n) is 10.2. The minimum Gasteiger partial charge on any atom is -0.329 e. The maximum absolute atomic E-state index is 9.07. The Hall–Kier alpha value is -0.990. The highest BCUT2D eigenvalue weighted by molar-refractivity contribution is 7.99. The van der Waals surface area contributed by atoms with Gasteiger partial charge in [-0.2, -0.15) is 5.26 Å². The summed E-state index contributed by atoms with van der Waals surface area (Å²) in [6.07, 6.45) is 4.50. The van der Waals surface area contributed by atoms with Gasteiger partial charge >= 0.3 is 0 Å². The Labute approximate surface area is 101 Å². The van der Waals surface area contributed by atoms with Crippen molar-refractivity contribution in [2.24, 2.45) is 7.05 Å². The molecular formula is C11H18N4S. The Morgan fingerprint density at radius 3 is 2.88 bits per heavy atom. The summed E-state index contributed by atoms with van der Waals surface area (Å²) >= 11 is 1.70. The van der Waals surface area contributed by atoms with Gasteiger partial charge in [-0.25, -0.2) is 4.98 Å². The van der Waals surface area contributed by atoms with Crippen LogP contribution in [-0.2, 0) is 7.05 Å². The second kappa shape index (κ2) is 5.37. The molecule has 16 heavy (non-hydrogen) atoms. The van der Waals surface area contributed by atoms with Crippen molar-refractivity contribution in [2.75, 3.05) is 7.05 Å². The van der Waals surface area contributed by atoms with Gasteiger partial charge in [0.2, 0.25) is 0 Å². The SMILES string of the molecule is CNC(C)(C#N)CC(C)Sc1nccn1C. The van der Waals surface area contributed by atoms with Crippen molar-refractivity contribution in [3.05, 3.63) is 12.4 Å². The Kier molecular flexibility index (Phi) is 4.39. The molecule has 0 aromatic carbocycles. The van der Waals surface area contributed by atoms with E-state index in [1.54, 1.807) is 18.0 Å². The van der Waals surface area contributed by atoms with E-state index in [4.69, 9.17) is 5.26 Å². The van der Waals surface area contributed by atoms with E-state index < -0.39 is 5.54 Å². The molecule has 0 amide bonds. The van der Waals surface area contributed by atoms with E-state index in [1.807, 2.05) is 31.8 Å². The van der Waals surface area contributed by atoms with Crippen molar-refractivity contribution in [3.63, 3.8) is 0 Å². The summed E-state index contributed by atoms with van der Waals surface area (Å²) in [6.45, 7) is 4.04. The summed E-state index contributed by atoms with van der Waals surface area (Å²) in [5.41, 5.74) is -0.461. The molecule has 0 aliphatic rings. The first-order valence-electron chi connectivity index (χ1n) is 5.25. The molecule has 88 valence electrons. The van der Waals surface area contributed by atoms with E-state index in [0.29, 0.717) is 5.25 Å². The highest BCUT2D eigenvalue weighted by atomic mass is 32.2. The van der Waals surface area contributed by atoms with Crippen molar-refractivity contribution < 1.29 is 0 Å². The maximum Gasteiger partial charge on any atom is 0.167 e. The standard InChI is InChI=1S/C11H18N4S/c1-9(7-11(2,8-12)13-3)16-10-14-5-6-15(10)4/h5-6,9,13H,7H2,1-4H3. The lowest BCUT2D eigenvalue weighted by molar-refractivity contribution is 0.455. The average molecular weight is 238 g/mol. The van der Waals surface area contributed by atoms with Crippen molar-refractivity contribution >= 4 is 11.8 Å². The number of rotatable bonds is 5. The van der Waals surface area contributed by atoms with Crippen LogP contribution in [0.5, 0.6) is 0 Å². The minimum absolute atomic E-state index is 0.346. The Balaban J connectivity index is 2.58. The number of nitrogens with one attached hydrogen (secondary N) is 1. The van der Waals surface area contributed by atoms with E-state index >= 15 is 0 Å². The molecule has 0 aliphatic heterocycles. The zero-order chi connectivity index (χ0) is 12.2.